The summed E-state index contributed by atoms with van der Waals surface area (Å²) in [5, 5.41) is 19.6. The Morgan fingerprint density at radius 2 is 1.83 bits per heavy atom. The first kappa shape index (κ1) is 19.0. The monoisotopic (exact) mass is 403 g/mol. The lowest BCUT2D eigenvalue weighted by Crippen LogP contribution is -2.25. The van der Waals surface area contributed by atoms with E-state index in [-0.39, 0.29) is 29.6 Å². The molecule has 0 amide bonds. The van der Waals surface area contributed by atoms with Gasteiger partial charge in [-0.3, -0.25) is 0 Å². The van der Waals surface area contributed by atoms with Crippen molar-refractivity contribution in [2.45, 2.75) is 19.0 Å². The van der Waals surface area contributed by atoms with Crippen molar-refractivity contribution in [2.24, 2.45) is 0 Å². The number of halogens is 2. The lowest BCUT2D eigenvalue weighted by molar-refractivity contribution is -0.286. The molecule has 8 nitrogen and oxygen atoms in total. The average molecular weight is 403 g/mol. The minimum atomic E-state index is -3.72. The Labute approximate surface area is 163 Å². The van der Waals surface area contributed by atoms with Crippen molar-refractivity contribution < 1.29 is 33.2 Å². The lowest BCUT2D eigenvalue weighted by Gasteiger charge is -2.14. The first-order chi connectivity index (χ1) is 13.9. The lowest BCUT2D eigenvalue weighted by atomic mass is 10.1. The highest BCUT2D eigenvalue weighted by atomic mass is 19.3. The molecule has 2 aromatic heterocycles. The number of ether oxygens (including phenoxy) is 3. The molecule has 1 aliphatic rings. The molecule has 0 saturated heterocycles. The number of aliphatic hydroxyl groups excluding tert-OH is 2. The van der Waals surface area contributed by atoms with E-state index in [0.717, 1.165) is 0 Å². The van der Waals surface area contributed by atoms with E-state index in [1.165, 1.54) is 37.7 Å². The zero-order chi connectivity index (χ0) is 20.6. The third-order valence-corrected chi connectivity index (χ3v) is 4.24. The molecule has 150 valence electrons. The third-order valence-electron chi connectivity index (χ3n) is 4.24. The summed E-state index contributed by atoms with van der Waals surface area (Å²) < 4.78 is 40.8. The molecule has 3 heterocycles. The minimum Gasteiger partial charge on any atom is -0.494 e. The van der Waals surface area contributed by atoms with E-state index >= 15 is 0 Å². The Morgan fingerprint density at radius 3 is 2.52 bits per heavy atom. The maximum Gasteiger partial charge on any atom is 0.586 e. The van der Waals surface area contributed by atoms with E-state index in [1.807, 2.05) is 0 Å². The summed E-state index contributed by atoms with van der Waals surface area (Å²) in [5.41, 5.74) is 1.39. The molecule has 10 heteroatoms. The molecule has 4 rings (SSSR count). The number of hydrogen-bond donors (Lipinski definition) is 2. The van der Waals surface area contributed by atoms with Crippen LogP contribution in [0.2, 0.25) is 0 Å². The van der Waals surface area contributed by atoms with E-state index in [0.29, 0.717) is 22.6 Å². The van der Waals surface area contributed by atoms with Gasteiger partial charge in [0.05, 0.1) is 12.8 Å². The smallest absolute Gasteiger partial charge is 0.494 e. The van der Waals surface area contributed by atoms with Crippen LogP contribution in [-0.4, -0.2) is 38.6 Å². The maximum absolute atomic E-state index is 13.3. The second-order valence-electron chi connectivity index (χ2n) is 6.11. The van der Waals surface area contributed by atoms with E-state index in [9.17, 15) is 13.9 Å². The molecular weight excluding hydrogens is 388 g/mol. The SMILES string of the molecule is COc1ccc([C@@H](O)c2cnc(CO)nc2)nc1-c1ccc2c(c1)OC(F)(F)O2. The van der Waals surface area contributed by atoms with Crippen LogP contribution >= 0.6 is 0 Å². The molecule has 0 radical (unpaired) electrons. The van der Waals surface area contributed by atoms with Crippen molar-refractivity contribution in [1.29, 1.82) is 0 Å². The summed E-state index contributed by atoms with van der Waals surface area (Å²) in [4.78, 5) is 12.3. The normalized spacial score (nSPS) is 15.2. The number of aromatic nitrogens is 3. The molecule has 0 bridgehead atoms. The summed E-state index contributed by atoms with van der Waals surface area (Å²) in [6.45, 7) is -0.315. The first-order valence-electron chi connectivity index (χ1n) is 8.45. The van der Waals surface area contributed by atoms with E-state index in [2.05, 4.69) is 24.4 Å². The number of nitrogens with zero attached hydrogens (tertiary/aromatic N) is 3. The highest BCUT2D eigenvalue weighted by Gasteiger charge is 2.43. The molecule has 0 unspecified atom stereocenters. The van der Waals surface area contributed by atoms with Crippen molar-refractivity contribution in [3.05, 3.63) is 59.8 Å². The van der Waals surface area contributed by atoms with Gasteiger partial charge in [0.1, 0.15) is 24.2 Å². The largest absolute Gasteiger partial charge is 0.586 e. The van der Waals surface area contributed by atoms with Gasteiger partial charge < -0.3 is 24.4 Å². The Kier molecular flexibility index (Phi) is 4.73. The van der Waals surface area contributed by atoms with Gasteiger partial charge in [-0.05, 0) is 30.3 Å². The number of fused-ring (bicyclic) bond motifs is 1. The van der Waals surface area contributed by atoms with Crippen molar-refractivity contribution >= 4 is 0 Å². The second kappa shape index (κ2) is 7.22. The molecule has 0 spiro atoms. The molecule has 0 saturated carbocycles. The van der Waals surface area contributed by atoms with Crippen LogP contribution in [0, 0.1) is 0 Å². The molecule has 29 heavy (non-hydrogen) atoms. The van der Waals surface area contributed by atoms with Crippen LogP contribution in [0.25, 0.3) is 11.3 Å². The fourth-order valence-electron chi connectivity index (χ4n) is 2.84. The van der Waals surface area contributed by atoms with Crippen LogP contribution in [0.1, 0.15) is 23.2 Å². The second-order valence-corrected chi connectivity index (χ2v) is 6.11. The number of benzene rings is 1. The maximum atomic E-state index is 13.3. The van der Waals surface area contributed by atoms with Crippen LogP contribution in [0.15, 0.2) is 42.7 Å². The number of rotatable bonds is 5. The van der Waals surface area contributed by atoms with Crippen LogP contribution in [0.3, 0.4) is 0 Å². The van der Waals surface area contributed by atoms with Gasteiger partial charge >= 0.3 is 6.29 Å². The number of hydrogen-bond acceptors (Lipinski definition) is 8. The van der Waals surface area contributed by atoms with Crippen molar-refractivity contribution in [1.82, 2.24) is 15.0 Å². The van der Waals surface area contributed by atoms with Crippen molar-refractivity contribution in [2.75, 3.05) is 7.11 Å². The Bertz CT molecular complexity index is 1050. The fourth-order valence-corrected chi connectivity index (χ4v) is 2.84. The van der Waals surface area contributed by atoms with Crippen molar-refractivity contribution in [3.63, 3.8) is 0 Å². The first-order valence-corrected chi connectivity index (χ1v) is 8.45. The Morgan fingerprint density at radius 1 is 1.10 bits per heavy atom. The molecule has 1 atom stereocenters. The van der Waals surface area contributed by atoms with Gasteiger partial charge in [0.2, 0.25) is 0 Å². The van der Waals surface area contributed by atoms with Gasteiger partial charge in [-0.1, -0.05) is 0 Å². The third kappa shape index (κ3) is 3.67. The zero-order valence-electron chi connectivity index (χ0n) is 15.0. The van der Waals surface area contributed by atoms with Gasteiger partial charge in [-0.2, -0.15) is 0 Å². The summed E-state index contributed by atoms with van der Waals surface area (Å²) in [5.74, 6) is 0.380. The Balaban J connectivity index is 1.71. The fraction of sp³-hybridized carbons (Fsp3) is 0.211. The summed E-state index contributed by atoms with van der Waals surface area (Å²) in [7, 11) is 1.44. The van der Waals surface area contributed by atoms with Gasteiger partial charge in [0.15, 0.2) is 17.3 Å². The molecule has 0 fully saturated rings. The number of aliphatic hydroxyl groups is 2. The van der Waals surface area contributed by atoms with E-state index < -0.39 is 12.4 Å². The summed E-state index contributed by atoms with van der Waals surface area (Å²) in [6, 6.07) is 7.40. The van der Waals surface area contributed by atoms with Gasteiger partial charge in [-0.15, -0.1) is 8.78 Å². The molecule has 1 aromatic carbocycles. The molecule has 0 aliphatic carbocycles. The average Bonchev–Trinajstić information content (AvgIpc) is 3.05. The zero-order valence-corrected chi connectivity index (χ0v) is 15.0. The Hall–Kier alpha value is -3.37. The van der Waals surface area contributed by atoms with Gasteiger partial charge in [0, 0.05) is 23.5 Å². The number of alkyl halides is 2. The predicted molar refractivity (Wildman–Crippen MR) is 94.4 cm³/mol. The van der Waals surface area contributed by atoms with Crippen LogP contribution in [0.4, 0.5) is 8.78 Å². The van der Waals surface area contributed by atoms with Gasteiger partial charge in [-0.25, -0.2) is 15.0 Å². The van der Waals surface area contributed by atoms with Crippen LogP contribution in [-0.2, 0) is 6.61 Å². The van der Waals surface area contributed by atoms with Crippen LogP contribution < -0.4 is 14.2 Å². The van der Waals surface area contributed by atoms with E-state index in [4.69, 9.17) is 9.84 Å². The topological polar surface area (TPSA) is 107 Å². The highest BCUT2D eigenvalue weighted by molar-refractivity contribution is 5.70. The van der Waals surface area contributed by atoms with Gasteiger partial charge in [0.25, 0.3) is 0 Å². The van der Waals surface area contributed by atoms with Crippen LogP contribution in [0.5, 0.6) is 17.2 Å². The molecule has 3 aromatic rings. The summed E-state index contributed by atoms with van der Waals surface area (Å²) in [6.07, 6.45) is -2.10. The minimum absolute atomic E-state index is 0.0879. The van der Waals surface area contributed by atoms with Crippen molar-refractivity contribution in [3.8, 4) is 28.5 Å². The van der Waals surface area contributed by atoms with E-state index in [1.54, 1.807) is 12.1 Å². The summed E-state index contributed by atoms with van der Waals surface area (Å²) >= 11 is 0. The molecule has 2 N–H and O–H groups in total. The number of pyridine rings is 1. The quantitative estimate of drug-likeness (QED) is 0.669. The molecular formula is C19H15F2N3O5. The molecule has 1 aliphatic heterocycles. The standard InChI is InChI=1S/C19H15F2N3O5/c1-27-14-5-3-12(18(26)11-7-22-16(9-25)23-8-11)24-17(14)10-2-4-13-15(6-10)29-19(20,21)28-13/h2-8,18,25-26H,9H2,1H3/t18-/m0/s1. The highest BCUT2D eigenvalue weighted by Crippen LogP contribution is 2.44. The number of methoxy groups -OCH3 is 1. The predicted octanol–water partition coefficient (Wildman–Crippen LogP) is 2.44.